The highest BCUT2D eigenvalue weighted by atomic mass is 35.5. The molecule has 8 heteroatoms. The van der Waals surface area contributed by atoms with Gasteiger partial charge in [0.1, 0.15) is 0 Å². The van der Waals surface area contributed by atoms with Crippen molar-refractivity contribution in [2.24, 2.45) is 0 Å². The molecule has 1 aromatic heterocycles. The predicted octanol–water partition coefficient (Wildman–Crippen LogP) is 4.26. The summed E-state index contributed by atoms with van der Waals surface area (Å²) in [6.45, 7) is 2.54. The topological polar surface area (TPSA) is 67.2 Å². The van der Waals surface area contributed by atoms with Crippen LogP contribution >= 0.6 is 23.4 Å². The molecule has 0 saturated heterocycles. The summed E-state index contributed by atoms with van der Waals surface area (Å²) in [5.41, 5.74) is 2.21. The third-order valence-electron chi connectivity index (χ3n) is 4.33. The van der Waals surface area contributed by atoms with Gasteiger partial charge in [-0.2, -0.15) is 0 Å². The summed E-state index contributed by atoms with van der Waals surface area (Å²) in [5.74, 6) is -0.00594. The maximum absolute atomic E-state index is 12.8. The van der Waals surface area contributed by atoms with Gasteiger partial charge >= 0.3 is 0 Å². The number of carbonyl (C=O) groups excluding carboxylic acids is 1. The first-order valence-corrected chi connectivity index (χ1v) is 10.7. The van der Waals surface area contributed by atoms with E-state index in [0.717, 1.165) is 17.8 Å². The van der Waals surface area contributed by atoms with E-state index in [0.29, 0.717) is 27.6 Å². The average molecular weight is 431 g/mol. The van der Waals surface area contributed by atoms with Gasteiger partial charge in [0.25, 0.3) is 5.56 Å². The van der Waals surface area contributed by atoms with Crippen LogP contribution in [0.5, 0.6) is 0 Å². The number of amides is 1. The van der Waals surface area contributed by atoms with E-state index >= 15 is 0 Å². The Bertz CT molecular complexity index is 1080. The Labute approximate surface area is 178 Å². The van der Waals surface area contributed by atoms with Gasteiger partial charge in [-0.25, -0.2) is 4.98 Å². The third kappa shape index (κ3) is 5.10. The van der Waals surface area contributed by atoms with E-state index in [-0.39, 0.29) is 17.2 Å². The van der Waals surface area contributed by atoms with Gasteiger partial charge in [-0.15, -0.1) is 0 Å². The van der Waals surface area contributed by atoms with Crippen molar-refractivity contribution in [3.05, 3.63) is 57.8 Å². The quantitative estimate of drug-likeness (QED) is 0.448. The van der Waals surface area contributed by atoms with E-state index in [2.05, 4.69) is 10.3 Å². The molecule has 0 aliphatic rings. The number of nitrogens with one attached hydrogen (secondary N) is 1. The smallest absolute Gasteiger partial charge is 0.262 e. The maximum atomic E-state index is 12.8. The first-order chi connectivity index (χ1) is 13.9. The normalized spacial score (nSPS) is 10.9. The van der Waals surface area contributed by atoms with Crippen LogP contribution in [0.25, 0.3) is 10.9 Å². The summed E-state index contributed by atoms with van der Waals surface area (Å²) < 4.78 is 1.63. The Morgan fingerprint density at radius 1 is 1.21 bits per heavy atom. The average Bonchev–Trinajstić information content (AvgIpc) is 2.69. The number of fused-ring (bicyclic) bond motifs is 1. The fourth-order valence-electron chi connectivity index (χ4n) is 2.87. The molecule has 0 fully saturated rings. The van der Waals surface area contributed by atoms with E-state index in [1.807, 2.05) is 50.2 Å². The highest BCUT2D eigenvalue weighted by molar-refractivity contribution is 7.99. The molecule has 0 bridgehead atoms. The molecule has 1 heterocycles. The number of benzene rings is 2. The zero-order valence-corrected chi connectivity index (χ0v) is 18.2. The van der Waals surface area contributed by atoms with Gasteiger partial charge in [-0.3, -0.25) is 14.2 Å². The van der Waals surface area contributed by atoms with Crippen LogP contribution in [-0.2, 0) is 11.3 Å². The molecule has 2 aromatic carbocycles. The summed E-state index contributed by atoms with van der Waals surface area (Å²) in [6, 6.07) is 12.7. The van der Waals surface area contributed by atoms with Crippen molar-refractivity contribution in [2.45, 2.75) is 25.0 Å². The van der Waals surface area contributed by atoms with Crippen LogP contribution in [0, 0.1) is 0 Å². The third-order valence-corrected chi connectivity index (χ3v) is 5.54. The van der Waals surface area contributed by atoms with Crippen molar-refractivity contribution >= 4 is 51.5 Å². The van der Waals surface area contributed by atoms with Gasteiger partial charge in [0.2, 0.25) is 5.91 Å². The molecule has 1 N–H and O–H groups in total. The van der Waals surface area contributed by atoms with Crippen LogP contribution in [0.15, 0.2) is 52.4 Å². The van der Waals surface area contributed by atoms with Crippen molar-refractivity contribution < 1.29 is 4.79 Å². The first kappa shape index (κ1) is 21.2. The molecule has 0 aliphatic carbocycles. The van der Waals surface area contributed by atoms with Crippen LogP contribution in [0.4, 0.5) is 11.4 Å². The van der Waals surface area contributed by atoms with Crippen LogP contribution in [0.3, 0.4) is 0 Å². The summed E-state index contributed by atoms with van der Waals surface area (Å²) in [6.07, 6.45) is 0.790. The molecule has 3 rings (SSSR count). The number of anilines is 2. The number of thioether (sulfide) groups is 1. The van der Waals surface area contributed by atoms with E-state index < -0.39 is 0 Å². The van der Waals surface area contributed by atoms with Crippen LogP contribution in [0.2, 0.25) is 5.02 Å². The van der Waals surface area contributed by atoms with Gasteiger partial charge in [-0.1, -0.05) is 30.3 Å². The lowest BCUT2D eigenvalue weighted by atomic mass is 10.2. The highest BCUT2D eigenvalue weighted by Crippen LogP contribution is 2.21. The second-order valence-electron chi connectivity index (χ2n) is 6.79. The number of nitrogens with zero attached hydrogens (tertiary/aromatic N) is 3. The summed E-state index contributed by atoms with van der Waals surface area (Å²) in [4.78, 5) is 31.8. The van der Waals surface area contributed by atoms with E-state index in [1.165, 1.54) is 11.8 Å². The molecule has 152 valence electrons. The molecule has 0 aliphatic heterocycles. The highest BCUT2D eigenvalue weighted by Gasteiger charge is 2.13. The Kier molecular flexibility index (Phi) is 6.82. The van der Waals surface area contributed by atoms with Gasteiger partial charge in [0, 0.05) is 37.0 Å². The fraction of sp³-hybridized carbons (Fsp3) is 0.286. The minimum atomic E-state index is -0.156. The minimum absolute atomic E-state index is 0.115. The van der Waals surface area contributed by atoms with Gasteiger partial charge < -0.3 is 10.2 Å². The molecule has 6 nitrogen and oxygen atoms in total. The van der Waals surface area contributed by atoms with Gasteiger partial charge in [0.05, 0.1) is 16.7 Å². The predicted molar refractivity (Wildman–Crippen MR) is 121 cm³/mol. The SMILES string of the molecule is CCCn1c(SCC(=O)Nc2ccc(N(C)C)cc2)nc2cc(Cl)ccc2c1=O. The van der Waals surface area contributed by atoms with Crippen LogP contribution in [-0.4, -0.2) is 35.3 Å². The molecule has 3 aromatic rings. The summed E-state index contributed by atoms with van der Waals surface area (Å²) >= 11 is 7.30. The lowest BCUT2D eigenvalue weighted by Gasteiger charge is -2.14. The molecule has 0 atom stereocenters. The Morgan fingerprint density at radius 3 is 2.59 bits per heavy atom. The van der Waals surface area contributed by atoms with Crippen LogP contribution in [0.1, 0.15) is 13.3 Å². The number of aromatic nitrogens is 2. The molecule has 0 unspecified atom stereocenters. The van der Waals surface area contributed by atoms with E-state index in [1.54, 1.807) is 22.8 Å². The van der Waals surface area contributed by atoms with E-state index in [4.69, 9.17) is 11.6 Å². The molecular weight excluding hydrogens is 408 g/mol. The largest absolute Gasteiger partial charge is 0.378 e. The first-order valence-electron chi connectivity index (χ1n) is 9.29. The second kappa shape index (κ2) is 9.33. The maximum Gasteiger partial charge on any atom is 0.262 e. The zero-order chi connectivity index (χ0) is 21.0. The van der Waals surface area contributed by atoms with E-state index in [9.17, 15) is 9.59 Å². The lowest BCUT2D eigenvalue weighted by Crippen LogP contribution is -2.24. The van der Waals surface area contributed by atoms with Crippen molar-refractivity contribution in [2.75, 3.05) is 30.1 Å². The lowest BCUT2D eigenvalue weighted by molar-refractivity contribution is -0.113. The monoisotopic (exact) mass is 430 g/mol. The standard InChI is InChI=1S/C21H23ClN4O2S/c1-4-11-26-20(28)17-10-5-14(22)12-18(17)24-21(26)29-13-19(27)23-15-6-8-16(9-7-15)25(2)3/h5-10,12H,4,11,13H2,1-3H3,(H,23,27). The summed E-state index contributed by atoms with van der Waals surface area (Å²) in [7, 11) is 3.92. The number of carbonyl (C=O) groups is 1. The zero-order valence-electron chi connectivity index (χ0n) is 16.6. The Hall–Kier alpha value is -2.51. The fourth-order valence-corrected chi connectivity index (χ4v) is 3.87. The molecule has 1 amide bonds. The molecule has 29 heavy (non-hydrogen) atoms. The Balaban J connectivity index is 1.77. The number of hydrogen-bond donors (Lipinski definition) is 1. The number of rotatable bonds is 7. The molecule has 0 spiro atoms. The van der Waals surface area contributed by atoms with Crippen molar-refractivity contribution in [3.8, 4) is 0 Å². The molecule has 0 saturated carbocycles. The number of hydrogen-bond acceptors (Lipinski definition) is 5. The number of halogens is 1. The molecular formula is C21H23ClN4O2S. The minimum Gasteiger partial charge on any atom is -0.378 e. The Morgan fingerprint density at radius 2 is 1.93 bits per heavy atom. The van der Waals surface area contributed by atoms with Gasteiger partial charge in [-0.05, 0) is 48.9 Å². The van der Waals surface area contributed by atoms with Crippen molar-refractivity contribution in [1.29, 1.82) is 0 Å². The molecule has 0 radical (unpaired) electrons. The van der Waals surface area contributed by atoms with Crippen molar-refractivity contribution in [1.82, 2.24) is 9.55 Å². The van der Waals surface area contributed by atoms with Gasteiger partial charge in [0.15, 0.2) is 5.16 Å². The summed E-state index contributed by atoms with van der Waals surface area (Å²) in [5, 5.41) is 4.44. The van der Waals surface area contributed by atoms with Crippen molar-refractivity contribution in [3.63, 3.8) is 0 Å². The second-order valence-corrected chi connectivity index (χ2v) is 8.17. The van der Waals surface area contributed by atoms with Crippen LogP contribution < -0.4 is 15.8 Å².